The van der Waals surface area contributed by atoms with E-state index in [0.29, 0.717) is 23.9 Å². The Hall–Kier alpha value is -3.85. The molecule has 0 saturated carbocycles. The quantitative estimate of drug-likeness (QED) is 0.0205. The van der Waals surface area contributed by atoms with Gasteiger partial charge in [0.1, 0.15) is 19.3 Å². The van der Waals surface area contributed by atoms with Gasteiger partial charge in [0.2, 0.25) is 5.91 Å². The number of hydrogen-bond acceptors (Lipinski definition) is 6. The number of carbonyl (C=O) groups is 2. The van der Waals surface area contributed by atoms with Crippen molar-refractivity contribution in [3.8, 4) is 0 Å². The molecule has 0 fully saturated rings. The number of nitrogens with zero attached hydrogens (tertiary/aromatic N) is 1. The monoisotopic (exact) mass is 1230 g/mol. The van der Waals surface area contributed by atoms with Gasteiger partial charge in [-0.05, 0) is 122 Å². The number of rotatable bonds is 63. The molecule has 0 rings (SSSR count). The number of ether oxygens (including phenoxy) is 1. The van der Waals surface area contributed by atoms with Crippen LogP contribution in [0.3, 0.4) is 0 Å². The van der Waals surface area contributed by atoms with Gasteiger partial charge in [0, 0.05) is 12.8 Å². The first-order valence-corrected chi connectivity index (χ1v) is 37.0. The van der Waals surface area contributed by atoms with E-state index in [9.17, 15) is 19.0 Å². The van der Waals surface area contributed by atoms with Crippen molar-refractivity contribution in [2.45, 2.75) is 303 Å². The minimum atomic E-state index is -4.47. The molecule has 9 nitrogen and oxygen atoms in total. The number of esters is 1. The van der Waals surface area contributed by atoms with Crippen LogP contribution in [-0.2, 0) is 27.9 Å². The summed E-state index contributed by atoms with van der Waals surface area (Å²) in [6.45, 7) is 6.78. The minimum absolute atomic E-state index is 0.0297. The average molecular weight is 1230 g/mol. The lowest BCUT2D eigenvalue weighted by Gasteiger charge is -2.27. The first-order chi connectivity index (χ1) is 42.4. The van der Waals surface area contributed by atoms with E-state index in [-0.39, 0.29) is 31.5 Å². The molecular weight excluding hydrogens is 1100 g/mol. The highest BCUT2D eigenvalue weighted by Crippen LogP contribution is 2.43. The minimum Gasteiger partial charge on any atom is -0.456 e. The lowest BCUT2D eigenvalue weighted by Crippen LogP contribution is -2.47. The molecule has 1 amide bonds. The van der Waals surface area contributed by atoms with E-state index in [4.69, 9.17) is 13.8 Å². The molecule has 0 radical (unpaired) electrons. The molecule has 87 heavy (non-hydrogen) atoms. The second kappa shape index (κ2) is 65.1. The second-order valence-corrected chi connectivity index (χ2v) is 26.1. The zero-order valence-electron chi connectivity index (χ0n) is 57.0. The maximum absolute atomic E-state index is 13.6. The number of hydrogen-bond donors (Lipinski definition) is 2. The fraction of sp³-hybridized carbons (Fsp3) is 0.688. The normalized spacial score (nSPS) is 14.3. The van der Waals surface area contributed by atoms with Gasteiger partial charge in [-0.1, -0.05) is 290 Å². The van der Waals surface area contributed by atoms with E-state index < -0.39 is 20.0 Å². The van der Waals surface area contributed by atoms with Gasteiger partial charge in [-0.15, -0.1) is 0 Å². The van der Waals surface area contributed by atoms with Crippen LogP contribution in [0.5, 0.6) is 0 Å². The van der Waals surface area contributed by atoms with E-state index in [1.54, 1.807) is 0 Å². The van der Waals surface area contributed by atoms with Gasteiger partial charge in [-0.2, -0.15) is 0 Å². The van der Waals surface area contributed by atoms with Crippen LogP contribution in [0, 0.1) is 0 Å². The molecule has 0 aliphatic carbocycles. The van der Waals surface area contributed by atoms with E-state index >= 15 is 0 Å². The van der Waals surface area contributed by atoms with E-state index in [1.165, 1.54) is 103 Å². The van der Waals surface area contributed by atoms with Crippen LogP contribution in [-0.4, -0.2) is 74.3 Å². The summed E-state index contributed by atoms with van der Waals surface area (Å²) in [7, 11) is 1.47. The molecule has 0 spiro atoms. The number of unbranched alkanes of at least 4 members (excludes halogenated alkanes) is 27. The summed E-state index contributed by atoms with van der Waals surface area (Å²) in [6.07, 6.45) is 93.1. The molecule has 0 aromatic carbocycles. The van der Waals surface area contributed by atoms with Crippen LogP contribution in [0.15, 0.2) is 134 Å². The van der Waals surface area contributed by atoms with Crippen molar-refractivity contribution in [1.29, 1.82) is 0 Å². The van der Waals surface area contributed by atoms with E-state index in [2.05, 4.69) is 148 Å². The van der Waals surface area contributed by atoms with Crippen molar-refractivity contribution in [2.24, 2.45) is 0 Å². The van der Waals surface area contributed by atoms with E-state index in [1.807, 2.05) is 33.3 Å². The molecule has 0 aromatic heterocycles. The Labute approximate surface area is 536 Å². The van der Waals surface area contributed by atoms with Crippen LogP contribution in [0.1, 0.15) is 290 Å². The third-order valence-electron chi connectivity index (χ3n) is 15.1. The Morgan fingerprint density at radius 1 is 0.414 bits per heavy atom. The number of likely N-dealkylation sites (N-methyl/N-ethyl adjacent to an activating group) is 1. The number of amides is 1. The van der Waals surface area contributed by atoms with Crippen LogP contribution < -0.4 is 5.32 Å². The third-order valence-corrected chi connectivity index (χ3v) is 16.1. The van der Waals surface area contributed by atoms with Gasteiger partial charge in [0.05, 0.1) is 33.8 Å². The van der Waals surface area contributed by atoms with Crippen molar-refractivity contribution in [3.63, 3.8) is 0 Å². The molecule has 0 aliphatic heterocycles. The van der Waals surface area contributed by atoms with Gasteiger partial charge in [-0.3, -0.25) is 18.6 Å². The summed E-state index contributed by atoms with van der Waals surface area (Å²) in [5, 5.41) is 3.06. The largest absolute Gasteiger partial charge is 0.472 e. The highest BCUT2D eigenvalue weighted by Gasteiger charge is 2.30. The number of phosphoric acid groups is 1. The van der Waals surface area contributed by atoms with Crippen molar-refractivity contribution in [3.05, 3.63) is 134 Å². The molecule has 498 valence electrons. The fourth-order valence-corrected chi connectivity index (χ4v) is 10.4. The van der Waals surface area contributed by atoms with Crippen LogP contribution in [0.4, 0.5) is 0 Å². The Morgan fingerprint density at radius 2 is 0.736 bits per heavy atom. The molecule has 3 unspecified atom stereocenters. The molecule has 0 aromatic rings. The summed E-state index contributed by atoms with van der Waals surface area (Å²) in [5.41, 5.74) is 0. The molecule has 0 aliphatic rings. The molecule has 3 atom stereocenters. The Morgan fingerprint density at radius 3 is 1.10 bits per heavy atom. The lowest BCUT2D eigenvalue weighted by atomic mass is 10.0. The number of allylic oxidation sites excluding steroid dienone is 21. The first kappa shape index (κ1) is 83.2. The summed E-state index contributed by atoms with van der Waals surface area (Å²) >= 11 is 0. The highest BCUT2D eigenvalue weighted by molar-refractivity contribution is 7.47. The third kappa shape index (κ3) is 66.4. The van der Waals surface area contributed by atoms with Gasteiger partial charge >= 0.3 is 13.8 Å². The number of quaternary nitrogens is 1. The van der Waals surface area contributed by atoms with Crippen LogP contribution >= 0.6 is 7.82 Å². The fourth-order valence-electron chi connectivity index (χ4n) is 9.70. The summed E-state index contributed by atoms with van der Waals surface area (Å²) in [4.78, 5) is 37.9. The van der Waals surface area contributed by atoms with Crippen molar-refractivity contribution in [1.82, 2.24) is 5.32 Å². The van der Waals surface area contributed by atoms with Crippen LogP contribution in [0.25, 0.3) is 0 Å². The van der Waals surface area contributed by atoms with Gasteiger partial charge in [0.15, 0.2) is 0 Å². The zero-order chi connectivity index (χ0) is 63.5. The molecule has 0 heterocycles. The number of phosphoric ester groups is 1. The summed E-state index contributed by atoms with van der Waals surface area (Å²) < 4.78 is 30.8. The maximum Gasteiger partial charge on any atom is 0.472 e. The summed E-state index contributed by atoms with van der Waals surface area (Å²) in [5.74, 6) is -0.533. The standard InChI is InChI=1S/C77H133N2O7P/c1-7-10-13-16-19-22-25-28-30-32-34-36-37-38-39-40-41-43-44-46-48-51-54-57-60-63-66-69-76(80)78-74(73-85-87(82,83)84-72-71-79(4,5)6)75(68-65-62-59-56-53-50-27-24-21-18-15-12-9-3)86-77(81)70-67-64-61-58-55-52-49-47-45-42-35-33-31-29-26-23-20-17-14-11-8-2/h10-11,13-14,19-20,22-23,28-31,34-36,38-39,42,47,49,65,68,74-75H,7-9,12,15-18,21,24-27,32-33,37,40-41,43-46,48,50-64,66-67,69-73H2,1-6H3,(H-,78,80,82,83)/p+1/b13-10-,14-11-,22-19-,23-20-,30-28-,31-29-,36-34-,39-38-,42-35-,49-47-,68-65-. The lowest BCUT2D eigenvalue weighted by molar-refractivity contribution is -0.870. The average Bonchev–Trinajstić information content (AvgIpc) is 3.69. The SMILES string of the molecule is CC/C=C\C/C=C\C/C=C\C/C=C\C/C=C\CCCCCCCCCCCCCC(=O)NC(COP(=O)(O)OCC[N+](C)(C)C)C(/C=C\CCCCCCCCCCCCC)OC(=O)CCCCCCC/C=C\C/C=C\C/C=C\C/C=C\C/C=C\CC. The Kier molecular flexibility index (Phi) is 62.2. The summed E-state index contributed by atoms with van der Waals surface area (Å²) in [6, 6.07) is -0.869. The first-order valence-electron chi connectivity index (χ1n) is 35.5. The number of nitrogens with one attached hydrogen (secondary N) is 1. The Bertz CT molecular complexity index is 1950. The predicted octanol–water partition coefficient (Wildman–Crippen LogP) is 22.8. The highest BCUT2D eigenvalue weighted by atomic mass is 31.2. The van der Waals surface area contributed by atoms with Gasteiger partial charge in [-0.25, -0.2) is 4.57 Å². The topological polar surface area (TPSA) is 111 Å². The van der Waals surface area contributed by atoms with Crippen molar-refractivity contribution < 1.29 is 37.3 Å². The Balaban J connectivity index is 5.15. The maximum atomic E-state index is 13.6. The van der Waals surface area contributed by atoms with Gasteiger partial charge < -0.3 is 19.4 Å². The molecule has 10 heteroatoms. The molecule has 0 bridgehead atoms. The molecule has 0 saturated heterocycles. The second-order valence-electron chi connectivity index (χ2n) is 24.6. The smallest absolute Gasteiger partial charge is 0.456 e. The van der Waals surface area contributed by atoms with Crippen molar-refractivity contribution >= 4 is 19.7 Å². The predicted molar refractivity (Wildman–Crippen MR) is 378 cm³/mol. The zero-order valence-corrected chi connectivity index (χ0v) is 57.9. The molecular formula is C77H134N2O7P+. The number of carbonyl (C=O) groups excluding carboxylic acids is 2. The van der Waals surface area contributed by atoms with Gasteiger partial charge in [0.25, 0.3) is 0 Å². The van der Waals surface area contributed by atoms with Crippen molar-refractivity contribution in [2.75, 3.05) is 40.9 Å². The van der Waals surface area contributed by atoms with E-state index in [0.717, 1.165) is 148 Å². The van der Waals surface area contributed by atoms with Crippen LogP contribution in [0.2, 0.25) is 0 Å². The molecule has 2 N–H and O–H groups in total.